The second-order valence-corrected chi connectivity index (χ2v) is 4.95. The minimum absolute atomic E-state index is 0.253. The van der Waals surface area contributed by atoms with E-state index in [-0.39, 0.29) is 5.82 Å². The van der Waals surface area contributed by atoms with Crippen LogP contribution in [0.3, 0.4) is 0 Å². The fourth-order valence-corrected chi connectivity index (χ4v) is 1.92. The van der Waals surface area contributed by atoms with E-state index >= 15 is 0 Å². The van der Waals surface area contributed by atoms with E-state index in [0.717, 1.165) is 12.8 Å². The topological polar surface area (TPSA) is 35.8 Å². The molecule has 0 spiro atoms. The Morgan fingerprint density at radius 2 is 2.11 bits per heavy atom. The summed E-state index contributed by atoms with van der Waals surface area (Å²) >= 11 is 0. The summed E-state index contributed by atoms with van der Waals surface area (Å²) < 4.78 is 13.5. The van der Waals surface area contributed by atoms with Crippen molar-refractivity contribution < 1.29 is 4.39 Å². The third kappa shape index (κ3) is 4.46. The van der Waals surface area contributed by atoms with Gasteiger partial charge in [-0.05, 0) is 37.5 Å². The summed E-state index contributed by atoms with van der Waals surface area (Å²) in [5, 5.41) is 12.1. The molecule has 0 heterocycles. The first-order chi connectivity index (χ1) is 8.56. The normalized spacial score (nSPS) is 13.9. The Morgan fingerprint density at radius 1 is 1.39 bits per heavy atom. The molecule has 1 rings (SSSR count). The zero-order valence-electron chi connectivity index (χ0n) is 11.3. The zero-order chi connectivity index (χ0) is 13.5. The van der Waals surface area contributed by atoms with Crippen molar-refractivity contribution in [2.24, 2.45) is 5.92 Å². The molecule has 0 amide bonds. The highest BCUT2D eigenvalue weighted by atomic mass is 19.1. The van der Waals surface area contributed by atoms with Gasteiger partial charge in [-0.2, -0.15) is 5.26 Å². The highest BCUT2D eigenvalue weighted by Gasteiger charge is 2.09. The third-order valence-electron chi connectivity index (χ3n) is 3.27. The molecule has 2 atom stereocenters. The highest BCUT2D eigenvalue weighted by molar-refractivity contribution is 5.33. The Labute approximate surface area is 109 Å². The molecule has 0 saturated carbocycles. The maximum atomic E-state index is 13.5. The first-order valence-electron chi connectivity index (χ1n) is 6.48. The smallest absolute Gasteiger partial charge is 0.127 e. The molecule has 98 valence electrons. The molecule has 3 heteroatoms. The third-order valence-corrected chi connectivity index (χ3v) is 3.27. The number of hydrogen-bond donors (Lipinski definition) is 1. The van der Waals surface area contributed by atoms with Gasteiger partial charge >= 0.3 is 0 Å². The summed E-state index contributed by atoms with van der Waals surface area (Å²) in [6.45, 7) is 6.97. The van der Waals surface area contributed by atoms with E-state index in [1.54, 1.807) is 6.07 Å². The van der Waals surface area contributed by atoms with E-state index in [1.807, 2.05) is 6.07 Å². The number of halogens is 1. The summed E-state index contributed by atoms with van der Waals surface area (Å²) in [5.41, 5.74) is 1.06. The Morgan fingerprint density at radius 3 is 2.72 bits per heavy atom. The number of nitrogens with zero attached hydrogens (tertiary/aromatic N) is 1. The van der Waals surface area contributed by atoms with Crippen LogP contribution in [0.2, 0.25) is 0 Å². The maximum absolute atomic E-state index is 13.5. The first kappa shape index (κ1) is 14.7. The van der Waals surface area contributed by atoms with Crippen LogP contribution in [0, 0.1) is 23.1 Å². The van der Waals surface area contributed by atoms with Crippen LogP contribution in [0.5, 0.6) is 0 Å². The van der Waals surface area contributed by atoms with Crippen LogP contribution in [-0.4, -0.2) is 6.04 Å². The molecule has 0 radical (unpaired) electrons. The summed E-state index contributed by atoms with van der Waals surface area (Å²) in [6, 6.07) is 6.85. The van der Waals surface area contributed by atoms with E-state index < -0.39 is 0 Å². The van der Waals surface area contributed by atoms with Gasteiger partial charge in [-0.1, -0.05) is 20.3 Å². The summed E-state index contributed by atoms with van der Waals surface area (Å²) in [5.74, 6) is 0.417. The Kier molecular flexibility index (Phi) is 5.80. The summed E-state index contributed by atoms with van der Waals surface area (Å²) in [7, 11) is 0. The number of nitriles is 1. The van der Waals surface area contributed by atoms with Crippen LogP contribution in [-0.2, 0) is 6.54 Å². The van der Waals surface area contributed by atoms with Crippen molar-refractivity contribution in [3.8, 4) is 6.07 Å². The monoisotopic (exact) mass is 248 g/mol. The number of hydrogen-bond acceptors (Lipinski definition) is 2. The van der Waals surface area contributed by atoms with Crippen LogP contribution in [0.25, 0.3) is 0 Å². The number of nitrogens with one attached hydrogen (secondary N) is 1. The Balaban J connectivity index is 2.55. The van der Waals surface area contributed by atoms with Crippen molar-refractivity contribution in [3.63, 3.8) is 0 Å². The second-order valence-electron chi connectivity index (χ2n) is 4.95. The van der Waals surface area contributed by atoms with Crippen molar-refractivity contribution in [1.82, 2.24) is 5.32 Å². The summed E-state index contributed by atoms with van der Waals surface area (Å²) in [6.07, 6.45) is 2.24. The maximum Gasteiger partial charge on any atom is 0.127 e. The predicted molar refractivity (Wildman–Crippen MR) is 71.5 cm³/mol. The standard InChI is InChI=1S/C15H21FN2/c1-4-11(2)7-12(3)18-10-14-8-13(9-17)5-6-15(14)16/h5-6,8,11-12,18H,4,7,10H2,1-3H3. The SMILES string of the molecule is CCC(C)CC(C)NCc1cc(C#N)ccc1F. The van der Waals surface area contributed by atoms with Crippen LogP contribution < -0.4 is 5.32 Å². The van der Waals surface area contributed by atoms with Gasteiger partial charge in [0.1, 0.15) is 5.82 Å². The predicted octanol–water partition coefficient (Wildman–Crippen LogP) is 3.61. The molecule has 0 aliphatic rings. The van der Waals surface area contributed by atoms with E-state index in [0.29, 0.717) is 29.6 Å². The second kappa shape index (κ2) is 7.13. The minimum atomic E-state index is -0.253. The average Bonchev–Trinajstić information content (AvgIpc) is 2.37. The van der Waals surface area contributed by atoms with Gasteiger partial charge in [0.2, 0.25) is 0 Å². The lowest BCUT2D eigenvalue weighted by molar-refractivity contribution is 0.409. The molecule has 1 N–H and O–H groups in total. The van der Waals surface area contributed by atoms with Crippen molar-refractivity contribution >= 4 is 0 Å². The van der Waals surface area contributed by atoms with Crippen molar-refractivity contribution in [2.75, 3.05) is 0 Å². The molecule has 0 aliphatic carbocycles. The molecular formula is C15H21FN2. The summed E-state index contributed by atoms with van der Waals surface area (Å²) in [4.78, 5) is 0. The molecular weight excluding hydrogens is 227 g/mol. The molecule has 1 aromatic carbocycles. The van der Waals surface area contributed by atoms with Crippen molar-refractivity contribution in [2.45, 2.75) is 46.2 Å². The highest BCUT2D eigenvalue weighted by Crippen LogP contribution is 2.12. The largest absolute Gasteiger partial charge is 0.310 e. The minimum Gasteiger partial charge on any atom is -0.310 e. The van der Waals surface area contributed by atoms with Crippen molar-refractivity contribution in [1.29, 1.82) is 5.26 Å². The average molecular weight is 248 g/mol. The molecule has 2 nitrogen and oxygen atoms in total. The molecule has 0 aromatic heterocycles. The van der Waals surface area contributed by atoms with Crippen LogP contribution in [0.4, 0.5) is 4.39 Å². The Hall–Kier alpha value is -1.40. The first-order valence-corrected chi connectivity index (χ1v) is 6.48. The van der Waals surface area contributed by atoms with Gasteiger partial charge in [0.25, 0.3) is 0 Å². The van der Waals surface area contributed by atoms with E-state index in [1.165, 1.54) is 12.1 Å². The molecule has 0 bridgehead atoms. The lowest BCUT2D eigenvalue weighted by Crippen LogP contribution is -2.27. The number of rotatable bonds is 6. The van der Waals surface area contributed by atoms with E-state index in [2.05, 4.69) is 26.1 Å². The van der Waals surface area contributed by atoms with Gasteiger partial charge in [0.15, 0.2) is 0 Å². The van der Waals surface area contributed by atoms with Gasteiger partial charge < -0.3 is 5.32 Å². The number of benzene rings is 1. The van der Waals surface area contributed by atoms with Gasteiger partial charge in [0, 0.05) is 18.2 Å². The molecule has 0 fully saturated rings. The zero-order valence-corrected chi connectivity index (χ0v) is 11.3. The quantitative estimate of drug-likeness (QED) is 0.834. The fraction of sp³-hybridized carbons (Fsp3) is 0.533. The van der Waals surface area contributed by atoms with Crippen LogP contribution in [0.1, 0.15) is 44.7 Å². The molecule has 2 unspecified atom stereocenters. The molecule has 1 aromatic rings. The lowest BCUT2D eigenvalue weighted by atomic mass is 10.00. The Bertz CT molecular complexity index is 423. The fourth-order valence-electron chi connectivity index (χ4n) is 1.92. The van der Waals surface area contributed by atoms with Gasteiger partial charge in [-0.3, -0.25) is 0 Å². The van der Waals surface area contributed by atoms with Crippen LogP contribution >= 0.6 is 0 Å². The van der Waals surface area contributed by atoms with E-state index in [4.69, 9.17) is 5.26 Å². The van der Waals surface area contributed by atoms with Gasteiger partial charge in [0.05, 0.1) is 11.6 Å². The van der Waals surface area contributed by atoms with Crippen LogP contribution in [0.15, 0.2) is 18.2 Å². The molecule has 0 saturated heterocycles. The van der Waals surface area contributed by atoms with Gasteiger partial charge in [-0.15, -0.1) is 0 Å². The molecule has 0 aliphatic heterocycles. The lowest BCUT2D eigenvalue weighted by Gasteiger charge is -2.17. The van der Waals surface area contributed by atoms with E-state index in [9.17, 15) is 4.39 Å². The van der Waals surface area contributed by atoms with Crippen molar-refractivity contribution in [3.05, 3.63) is 35.1 Å². The van der Waals surface area contributed by atoms with Gasteiger partial charge in [-0.25, -0.2) is 4.39 Å². The molecule has 18 heavy (non-hydrogen) atoms.